The molecule has 2 saturated heterocycles. The Kier molecular flexibility index (Phi) is 5.72. The second-order valence-electron chi connectivity index (χ2n) is 8.71. The molecule has 0 aromatic heterocycles. The normalized spacial score (nSPS) is 26.5. The molecule has 34 heavy (non-hydrogen) atoms. The Labute approximate surface area is 195 Å². The summed E-state index contributed by atoms with van der Waals surface area (Å²) in [5.41, 5.74) is 2.22. The molecule has 4 unspecified atom stereocenters. The summed E-state index contributed by atoms with van der Waals surface area (Å²) in [5.74, 6) is -3.16. The molecule has 4 atom stereocenters. The van der Waals surface area contributed by atoms with Crippen LogP contribution in [0.5, 0.6) is 0 Å². The topological polar surface area (TPSA) is 146 Å². The number of anilines is 1. The summed E-state index contributed by atoms with van der Waals surface area (Å²) >= 11 is 0. The largest absolute Gasteiger partial charge is 0.340 e. The molecular weight excluding hydrogens is 440 g/mol. The number of benzene rings is 2. The number of carbonyl (C=O) groups excluding carboxylic acids is 3. The van der Waals surface area contributed by atoms with Crippen molar-refractivity contribution in [1.82, 2.24) is 20.9 Å². The van der Waals surface area contributed by atoms with Crippen molar-refractivity contribution in [3.8, 4) is 0 Å². The highest BCUT2D eigenvalue weighted by atomic mass is 16.6. The molecule has 0 bridgehead atoms. The lowest BCUT2D eigenvalue weighted by Gasteiger charge is -2.47. The van der Waals surface area contributed by atoms with Gasteiger partial charge in [-0.2, -0.15) is 0 Å². The second-order valence-corrected chi connectivity index (χ2v) is 8.71. The van der Waals surface area contributed by atoms with Crippen molar-refractivity contribution >= 4 is 29.1 Å². The van der Waals surface area contributed by atoms with Gasteiger partial charge in [-0.05, 0) is 23.6 Å². The van der Waals surface area contributed by atoms with E-state index in [0.29, 0.717) is 6.54 Å². The first-order valence-electron chi connectivity index (χ1n) is 11.1. The maximum Gasteiger partial charge on any atom is 0.292 e. The van der Waals surface area contributed by atoms with Gasteiger partial charge in [-0.1, -0.05) is 36.4 Å². The van der Waals surface area contributed by atoms with E-state index in [9.17, 15) is 24.5 Å². The zero-order chi connectivity index (χ0) is 23.8. The molecule has 2 fully saturated rings. The van der Waals surface area contributed by atoms with E-state index < -0.39 is 35.1 Å². The number of piperidine rings is 1. The van der Waals surface area contributed by atoms with Crippen molar-refractivity contribution < 1.29 is 19.3 Å². The maximum absolute atomic E-state index is 13.2. The van der Waals surface area contributed by atoms with Crippen LogP contribution in [0.4, 0.5) is 11.4 Å². The van der Waals surface area contributed by atoms with E-state index in [1.165, 1.54) is 29.3 Å². The first kappa shape index (κ1) is 22.0. The monoisotopic (exact) mass is 464 g/mol. The lowest BCUT2D eigenvalue weighted by molar-refractivity contribution is -0.383. The van der Waals surface area contributed by atoms with Crippen LogP contribution in [0.3, 0.4) is 0 Å². The fraction of sp³-hybridized carbons (Fsp3) is 0.348. The molecule has 3 heterocycles. The molecule has 3 aliphatic heterocycles. The van der Waals surface area contributed by atoms with Gasteiger partial charge in [-0.3, -0.25) is 34.7 Å². The van der Waals surface area contributed by atoms with E-state index in [4.69, 9.17) is 0 Å². The summed E-state index contributed by atoms with van der Waals surface area (Å²) in [6.07, 6.45) is -0.589. The number of carbonyl (C=O) groups is 3. The zero-order valence-electron chi connectivity index (χ0n) is 18.2. The number of nitro benzene ring substituents is 1. The highest BCUT2D eigenvalue weighted by Crippen LogP contribution is 2.31. The molecule has 2 aromatic carbocycles. The van der Waals surface area contributed by atoms with Crippen LogP contribution in [0.1, 0.15) is 17.5 Å². The van der Waals surface area contributed by atoms with Crippen LogP contribution in [0.2, 0.25) is 0 Å². The second kappa shape index (κ2) is 8.84. The van der Waals surface area contributed by atoms with Crippen LogP contribution in [0, 0.1) is 22.0 Å². The van der Waals surface area contributed by atoms with Crippen molar-refractivity contribution in [2.24, 2.45) is 11.8 Å². The van der Waals surface area contributed by atoms with E-state index in [0.717, 1.165) is 13.0 Å². The van der Waals surface area contributed by atoms with Crippen molar-refractivity contribution in [1.29, 1.82) is 0 Å². The Morgan fingerprint density at radius 1 is 1.06 bits per heavy atom. The smallest absolute Gasteiger partial charge is 0.292 e. The average molecular weight is 464 g/mol. The number of para-hydroxylation sites is 2. The summed E-state index contributed by atoms with van der Waals surface area (Å²) < 4.78 is 0. The molecule has 0 spiro atoms. The van der Waals surface area contributed by atoms with Gasteiger partial charge >= 0.3 is 0 Å². The number of fused-ring (bicyclic) bond motifs is 2. The van der Waals surface area contributed by atoms with Gasteiger partial charge in [-0.25, -0.2) is 0 Å². The van der Waals surface area contributed by atoms with Gasteiger partial charge in [0.25, 0.3) is 5.69 Å². The van der Waals surface area contributed by atoms with Crippen LogP contribution in [-0.2, 0) is 27.3 Å². The molecular formula is C23H24N6O5. The molecule has 11 heteroatoms. The summed E-state index contributed by atoms with van der Waals surface area (Å²) in [4.78, 5) is 51.4. The van der Waals surface area contributed by atoms with Crippen molar-refractivity contribution in [2.75, 3.05) is 11.9 Å². The molecule has 5 rings (SSSR count). The fourth-order valence-electron chi connectivity index (χ4n) is 4.96. The predicted molar refractivity (Wildman–Crippen MR) is 121 cm³/mol. The molecule has 3 aliphatic rings. The SMILES string of the molecule is O=C1CC(C(=O)Nc2ccccc2[N+](=O)[O-])C2C(=O)NC(N3CCc4ccccc4C3)NC2N1. The van der Waals surface area contributed by atoms with Crippen LogP contribution in [-0.4, -0.2) is 46.5 Å². The molecule has 11 nitrogen and oxygen atoms in total. The van der Waals surface area contributed by atoms with Gasteiger partial charge in [0.15, 0.2) is 0 Å². The first-order valence-corrected chi connectivity index (χ1v) is 11.1. The average Bonchev–Trinajstić information content (AvgIpc) is 2.83. The highest BCUT2D eigenvalue weighted by Gasteiger charge is 2.49. The Morgan fingerprint density at radius 2 is 1.79 bits per heavy atom. The number of rotatable bonds is 4. The van der Waals surface area contributed by atoms with Crippen LogP contribution in [0.15, 0.2) is 48.5 Å². The van der Waals surface area contributed by atoms with Crippen molar-refractivity contribution in [3.63, 3.8) is 0 Å². The lowest BCUT2D eigenvalue weighted by Crippen LogP contribution is -2.74. The number of hydrogen-bond donors (Lipinski definition) is 4. The van der Waals surface area contributed by atoms with Crippen molar-refractivity contribution in [2.45, 2.75) is 31.8 Å². The third kappa shape index (κ3) is 4.11. The van der Waals surface area contributed by atoms with E-state index in [1.54, 1.807) is 6.07 Å². The van der Waals surface area contributed by atoms with Gasteiger partial charge in [-0.15, -0.1) is 0 Å². The summed E-state index contributed by atoms with van der Waals surface area (Å²) in [6.45, 7) is 1.36. The van der Waals surface area contributed by atoms with E-state index in [2.05, 4.69) is 38.3 Å². The van der Waals surface area contributed by atoms with Gasteiger partial charge in [0.1, 0.15) is 12.0 Å². The van der Waals surface area contributed by atoms with E-state index >= 15 is 0 Å². The van der Waals surface area contributed by atoms with Gasteiger partial charge in [0.2, 0.25) is 17.7 Å². The highest BCUT2D eigenvalue weighted by molar-refractivity contribution is 6.01. The summed E-state index contributed by atoms with van der Waals surface area (Å²) in [5, 5.41) is 22.8. The Hall–Kier alpha value is -3.83. The number of amides is 3. The minimum Gasteiger partial charge on any atom is -0.340 e. The first-order chi connectivity index (χ1) is 16.4. The molecule has 4 N–H and O–H groups in total. The van der Waals surface area contributed by atoms with Gasteiger partial charge in [0.05, 0.1) is 22.9 Å². The predicted octanol–water partition coefficient (Wildman–Crippen LogP) is 0.673. The summed E-state index contributed by atoms with van der Waals surface area (Å²) in [7, 11) is 0. The van der Waals surface area contributed by atoms with Crippen LogP contribution in [0.25, 0.3) is 0 Å². The number of nitrogens with zero attached hydrogens (tertiary/aromatic N) is 2. The minimum absolute atomic E-state index is 0.0223. The zero-order valence-corrected chi connectivity index (χ0v) is 18.2. The van der Waals surface area contributed by atoms with E-state index in [1.807, 2.05) is 12.1 Å². The van der Waals surface area contributed by atoms with E-state index in [-0.39, 0.29) is 29.6 Å². The third-order valence-electron chi connectivity index (χ3n) is 6.65. The third-order valence-corrected chi connectivity index (χ3v) is 6.65. The summed E-state index contributed by atoms with van der Waals surface area (Å²) in [6, 6.07) is 13.9. The number of nitrogens with one attached hydrogen (secondary N) is 4. The molecule has 176 valence electrons. The minimum atomic E-state index is -0.978. The molecule has 0 aliphatic carbocycles. The molecule has 3 amide bonds. The molecule has 0 radical (unpaired) electrons. The number of hydrogen-bond acceptors (Lipinski definition) is 7. The van der Waals surface area contributed by atoms with Gasteiger partial charge in [0, 0.05) is 25.6 Å². The quantitative estimate of drug-likeness (QED) is 0.384. The van der Waals surface area contributed by atoms with Crippen molar-refractivity contribution in [3.05, 3.63) is 69.8 Å². The van der Waals surface area contributed by atoms with Crippen LogP contribution < -0.4 is 21.3 Å². The Bertz CT molecular complexity index is 1170. The van der Waals surface area contributed by atoms with Gasteiger partial charge < -0.3 is 16.0 Å². The van der Waals surface area contributed by atoms with Crippen LogP contribution >= 0.6 is 0 Å². The maximum atomic E-state index is 13.2. The Balaban J connectivity index is 1.32. The fourth-order valence-corrected chi connectivity index (χ4v) is 4.96. The Morgan fingerprint density at radius 3 is 2.59 bits per heavy atom. The lowest BCUT2D eigenvalue weighted by atomic mass is 9.81. The number of nitro groups is 1. The standard InChI is InChI=1S/C23H24N6O5/c30-18-11-15(21(31)24-16-7-3-4-8-17(16)29(33)34)19-20(25-18)26-23(27-22(19)32)28-10-9-13-5-1-2-6-14(13)12-28/h1-8,15,19-20,23,26H,9-12H2,(H,24,31)(H,25,30)(H,27,32). The molecule has 0 saturated carbocycles. The molecule has 2 aromatic rings.